The molecule has 0 radical (unpaired) electrons. The van der Waals surface area contributed by atoms with Crippen molar-refractivity contribution in [2.45, 2.75) is 46.5 Å². The van der Waals surface area contributed by atoms with Crippen LogP contribution in [0, 0.1) is 5.92 Å². The molecule has 0 amide bonds. The SMILES string of the molecule is CC.CC1CCCCNCC1. The van der Waals surface area contributed by atoms with E-state index in [0.717, 1.165) is 5.92 Å². The van der Waals surface area contributed by atoms with E-state index in [1.54, 1.807) is 0 Å². The largest absolute Gasteiger partial charge is 0.317 e. The third-order valence-electron chi connectivity index (χ3n) is 2.11. The monoisotopic (exact) mass is 157 g/mol. The average Bonchev–Trinajstić information content (AvgIpc) is 2.01. The maximum absolute atomic E-state index is 3.42. The van der Waals surface area contributed by atoms with Crippen molar-refractivity contribution in [3.05, 3.63) is 0 Å². The summed E-state index contributed by atoms with van der Waals surface area (Å²) in [6.07, 6.45) is 5.63. The van der Waals surface area contributed by atoms with Gasteiger partial charge in [-0.25, -0.2) is 0 Å². The lowest BCUT2D eigenvalue weighted by molar-refractivity contribution is 0.415. The van der Waals surface area contributed by atoms with Gasteiger partial charge in [0.15, 0.2) is 0 Å². The molecule has 11 heavy (non-hydrogen) atoms. The highest BCUT2D eigenvalue weighted by molar-refractivity contribution is 4.60. The topological polar surface area (TPSA) is 12.0 Å². The van der Waals surface area contributed by atoms with Gasteiger partial charge in [-0.3, -0.25) is 0 Å². The Balaban J connectivity index is 0.000000461. The van der Waals surface area contributed by atoms with E-state index in [4.69, 9.17) is 0 Å². The van der Waals surface area contributed by atoms with Gasteiger partial charge in [-0.1, -0.05) is 33.6 Å². The fourth-order valence-corrected chi connectivity index (χ4v) is 1.36. The summed E-state index contributed by atoms with van der Waals surface area (Å²) in [4.78, 5) is 0. The zero-order valence-electron chi connectivity index (χ0n) is 8.32. The summed E-state index contributed by atoms with van der Waals surface area (Å²) in [5.74, 6) is 0.956. The molecule has 0 aromatic heterocycles. The second kappa shape index (κ2) is 8.06. The summed E-state index contributed by atoms with van der Waals surface area (Å²) in [5, 5.41) is 3.42. The molecule has 1 aliphatic heterocycles. The second-order valence-electron chi connectivity index (χ2n) is 3.14. The lowest BCUT2D eigenvalue weighted by Gasteiger charge is -2.15. The minimum absolute atomic E-state index is 0.956. The van der Waals surface area contributed by atoms with Crippen LogP contribution in [0.1, 0.15) is 46.5 Å². The highest BCUT2D eigenvalue weighted by atomic mass is 14.8. The molecular weight excluding hydrogens is 134 g/mol. The predicted molar refractivity (Wildman–Crippen MR) is 51.8 cm³/mol. The molecule has 1 heteroatoms. The number of hydrogen-bond donors (Lipinski definition) is 1. The number of rotatable bonds is 0. The van der Waals surface area contributed by atoms with Crippen LogP contribution in [0.4, 0.5) is 0 Å². The Bertz CT molecular complexity index is 63.3. The molecule has 0 aromatic rings. The fraction of sp³-hybridized carbons (Fsp3) is 1.00. The molecule has 0 saturated carbocycles. The molecule has 1 saturated heterocycles. The maximum Gasteiger partial charge on any atom is -0.00464 e. The van der Waals surface area contributed by atoms with Crippen LogP contribution in [0.15, 0.2) is 0 Å². The van der Waals surface area contributed by atoms with Gasteiger partial charge in [0.25, 0.3) is 0 Å². The van der Waals surface area contributed by atoms with Gasteiger partial charge in [-0.2, -0.15) is 0 Å². The summed E-state index contributed by atoms with van der Waals surface area (Å²) < 4.78 is 0. The van der Waals surface area contributed by atoms with Gasteiger partial charge in [0.2, 0.25) is 0 Å². The Morgan fingerprint density at radius 3 is 2.45 bits per heavy atom. The minimum atomic E-state index is 0.956. The Kier molecular flexibility index (Phi) is 8.03. The fourth-order valence-electron chi connectivity index (χ4n) is 1.36. The first kappa shape index (κ1) is 11.0. The number of hydrogen-bond acceptors (Lipinski definition) is 1. The van der Waals surface area contributed by atoms with Gasteiger partial charge in [0, 0.05) is 0 Å². The minimum Gasteiger partial charge on any atom is -0.317 e. The molecule has 0 spiro atoms. The van der Waals surface area contributed by atoms with E-state index in [-0.39, 0.29) is 0 Å². The third kappa shape index (κ3) is 6.36. The predicted octanol–water partition coefficient (Wildman–Crippen LogP) is 2.81. The molecular formula is C10H23N. The highest BCUT2D eigenvalue weighted by Crippen LogP contribution is 2.12. The van der Waals surface area contributed by atoms with Crippen molar-refractivity contribution in [1.82, 2.24) is 5.32 Å². The Labute approximate surface area is 71.6 Å². The molecule has 1 aliphatic rings. The van der Waals surface area contributed by atoms with E-state index in [9.17, 15) is 0 Å². The van der Waals surface area contributed by atoms with Crippen molar-refractivity contribution in [2.75, 3.05) is 13.1 Å². The normalized spacial score (nSPS) is 25.9. The molecule has 0 aromatic carbocycles. The van der Waals surface area contributed by atoms with Crippen LogP contribution >= 0.6 is 0 Å². The van der Waals surface area contributed by atoms with Crippen LogP contribution in [0.5, 0.6) is 0 Å². The van der Waals surface area contributed by atoms with E-state index in [2.05, 4.69) is 12.2 Å². The van der Waals surface area contributed by atoms with Crippen molar-refractivity contribution >= 4 is 0 Å². The molecule has 0 aliphatic carbocycles. The standard InChI is InChI=1S/C8H17N.C2H6/c1-8-4-2-3-6-9-7-5-8;1-2/h8-9H,2-7H2,1H3;1-2H3. The number of nitrogens with one attached hydrogen (secondary N) is 1. The van der Waals surface area contributed by atoms with Gasteiger partial charge in [0.05, 0.1) is 0 Å². The van der Waals surface area contributed by atoms with Gasteiger partial charge >= 0.3 is 0 Å². The van der Waals surface area contributed by atoms with Crippen LogP contribution in [-0.4, -0.2) is 13.1 Å². The quantitative estimate of drug-likeness (QED) is 0.570. The van der Waals surface area contributed by atoms with Crippen molar-refractivity contribution < 1.29 is 0 Å². The molecule has 1 fully saturated rings. The van der Waals surface area contributed by atoms with Crippen LogP contribution in [0.3, 0.4) is 0 Å². The van der Waals surface area contributed by atoms with Crippen LogP contribution in [-0.2, 0) is 0 Å². The zero-order chi connectivity index (χ0) is 8.53. The molecule has 1 atom stereocenters. The second-order valence-corrected chi connectivity index (χ2v) is 3.14. The Morgan fingerprint density at radius 1 is 1.00 bits per heavy atom. The third-order valence-corrected chi connectivity index (χ3v) is 2.11. The Hall–Kier alpha value is -0.0400. The molecule has 1 nitrogen and oxygen atoms in total. The summed E-state index contributed by atoms with van der Waals surface area (Å²) in [6, 6.07) is 0. The zero-order valence-corrected chi connectivity index (χ0v) is 8.32. The lowest BCUT2D eigenvalue weighted by atomic mass is 9.99. The van der Waals surface area contributed by atoms with Gasteiger partial charge in [-0.15, -0.1) is 0 Å². The van der Waals surface area contributed by atoms with Gasteiger partial charge in [-0.05, 0) is 31.8 Å². The smallest absolute Gasteiger partial charge is 0.00464 e. The van der Waals surface area contributed by atoms with Crippen LogP contribution in [0.25, 0.3) is 0 Å². The van der Waals surface area contributed by atoms with Crippen molar-refractivity contribution in [3.8, 4) is 0 Å². The molecule has 68 valence electrons. The molecule has 1 N–H and O–H groups in total. The summed E-state index contributed by atoms with van der Waals surface area (Å²) in [6.45, 7) is 8.83. The summed E-state index contributed by atoms with van der Waals surface area (Å²) in [5.41, 5.74) is 0. The van der Waals surface area contributed by atoms with E-state index in [1.165, 1.54) is 38.8 Å². The van der Waals surface area contributed by atoms with Crippen LogP contribution in [0.2, 0.25) is 0 Å². The first-order valence-electron chi connectivity index (χ1n) is 5.10. The van der Waals surface area contributed by atoms with Gasteiger partial charge < -0.3 is 5.32 Å². The van der Waals surface area contributed by atoms with Crippen LogP contribution < -0.4 is 5.32 Å². The molecule has 1 unspecified atom stereocenters. The van der Waals surface area contributed by atoms with Gasteiger partial charge in [0.1, 0.15) is 0 Å². The highest BCUT2D eigenvalue weighted by Gasteiger charge is 2.03. The van der Waals surface area contributed by atoms with E-state index in [0.29, 0.717) is 0 Å². The maximum atomic E-state index is 3.42. The summed E-state index contributed by atoms with van der Waals surface area (Å²) in [7, 11) is 0. The van der Waals surface area contributed by atoms with Crippen molar-refractivity contribution in [1.29, 1.82) is 0 Å². The van der Waals surface area contributed by atoms with E-state index < -0.39 is 0 Å². The van der Waals surface area contributed by atoms with Crippen molar-refractivity contribution in [2.24, 2.45) is 5.92 Å². The average molecular weight is 157 g/mol. The van der Waals surface area contributed by atoms with E-state index in [1.807, 2.05) is 13.8 Å². The van der Waals surface area contributed by atoms with Crippen molar-refractivity contribution in [3.63, 3.8) is 0 Å². The lowest BCUT2D eigenvalue weighted by Crippen LogP contribution is -2.21. The first-order valence-corrected chi connectivity index (χ1v) is 5.10. The molecule has 1 rings (SSSR count). The Morgan fingerprint density at radius 2 is 1.73 bits per heavy atom. The molecule has 0 bridgehead atoms. The van der Waals surface area contributed by atoms with E-state index >= 15 is 0 Å². The summed E-state index contributed by atoms with van der Waals surface area (Å²) >= 11 is 0. The molecule has 1 heterocycles. The first-order chi connectivity index (χ1) is 5.39.